The third-order valence-electron chi connectivity index (χ3n) is 4.18. The number of hydrogen-bond donors (Lipinski definition) is 1. The number of nitrogens with one attached hydrogen (secondary N) is 1. The van der Waals surface area contributed by atoms with E-state index in [9.17, 15) is 9.59 Å². The van der Waals surface area contributed by atoms with Crippen molar-refractivity contribution >= 4 is 11.8 Å². The number of pyridine rings is 1. The number of piperidine rings is 1. The van der Waals surface area contributed by atoms with Crippen molar-refractivity contribution in [2.45, 2.75) is 25.8 Å². The van der Waals surface area contributed by atoms with E-state index in [1.807, 2.05) is 6.92 Å². The van der Waals surface area contributed by atoms with E-state index in [4.69, 9.17) is 9.15 Å². The number of carbonyl (C=O) groups excluding carboxylic acids is 2. The summed E-state index contributed by atoms with van der Waals surface area (Å²) in [6.45, 7) is 3.50. The molecule has 25 heavy (non-hydrogen) atoms. The quantitative estimate of drug-likeness (QED) is 0.899. The van der Waals surface area contributed by atoms with E-state index in [1.165, 1.54) is 12.5 Å². The van der Waals surface area contributed by atoms with Gasteiger partial charge in [0.05, 0.1) is 18.4 Å². The smallest absolute Gasteiger partial charge is 0.257 e. The fourth-order valence-electron chi connectivity index (χ4n) is 2.87. The Morgan fingerprint density at radius 3 is 2.84 bits per heavy atom. The Morgan fingerprint density at radius 2 is 2.16 bits per heavy atom. The molecule has 0 aliphatic carbocycles. The zero-order valence-corrected chi connectivity index (χ0v) is 14.1. The Bertz CT molecular complexity index is 722. The number of amides is 2. The molecule has 1 saturated heterocycles. The van der Waals surface area contributed by atoms with Crippen LogP contribution in [0.25, 0.3) is 0 Å². The summed E-state index contributed by atoms with van der Waals surface area (Å²) in [6.07, 6.45) is 5.96. The van der Waals surface area contributed by atoms with E-state index in [0.29, 0.717) is 49.5 Å². The zero-order chi connectivity index (χ0) is 17.6. The Balaban J connectivity index is 1.55. The number of likely N-dealkylation sites (tertiary alicyclic amines) is 1. The second-order valence-corrected chi connectivity index (χ2v) is 5.84. The van der Waals surface area contributed by atoms with Crippen molar-refractivity contribution < 1.29 is 18.7 Å². The summed E-state index contributed by atoms with van der Waals surface area (Å²) in [5, 5.41) is 3.01. The molecule has 2 aromatic rings. The predicted molar refractivity (Wildman–Crippen MR) is 90.5 cm³/mol. The molecule has 132 valence electrons. The van der Waals surface area contributed by atoms with Crippen molar-refractivity contribution in [1.29, 1.82) is 0 Å². The third kappa shape index (κ3) is 3.99. The van der Waals surface area contributed by atoms with Crippen LogP contribution in [0.4, 0.5) is 0 Å². The number of nitrogens with zero attached hydrogens (tertiary/aromatic N) is 2. The van der Waals surface area contributed by atoms with Gasteiger partial charge in [0.25, 0.3) is 11.8 Å². The van der Waals surface area contributed by atoms with Crippen LogP contribution in [0.15, 0.2) is 41.3 Å². The van der Waals surface area contributed by atoms with Crippen LogP contribution in [0, 0.1) is 0 Å². The highest BCUT2D eigenvalue weighted by Gasteiger charge is 2.26. The molecule has 0 saturated carbocycles. The first kappa shape index (κ1) is 17.0. The van der Waals surface area contributed by atoms with Gasteiger partial charge in [0.1, 0.15) is 11.8 Å². The molecule has 0 bridgehead atoms. The molecule has 3 rings (SSSR count). The van der Waals surface area contributed by atoms with Gasteiger partial charge in [-0.05, 0) is 38.0 Å². The molecule has 2 amide bonds. The lowest BCUT2D eigenvalue weighted by Gasteiger charge is -2.32. The molecule has 7 nitrogen and oxygen atoms in total. The fourth-order valence-corrected chi connectivity index (χ4v) is 2.87. The van der Waals surface area contributed by atoms with Gasteiger partial charge in [-0.15, -0.1) is 0 Å². The average Bonchev–Trinajstić information content (AvgIpc) is 3.17. The van der Waals surface area contributed by atoms with E-state index >= 15 is 0 Å². The SMILES string of the molecule is CCOc1ncccc1C(=O)NC1CCN(C(=O)c2ccoc2)CC1. The van der Waals surface area contributed by atoms with Crippen LogP contribution < -0.4 is 10.1 Å². The van der Waals surface area contributed by atoms with Crippen molar-refractivity contribution in [3.63, 3.8) is 0 Å². The van der Waals surface area contributed by atoms with Crippen LogP contribution in [-0.4, -0.2) is 47.4 Å². The summed E-state index contributed by atoms with van der Waals surface area (Å²) in [5.74, 6) is 0.107. The minimum atomic E-state index is -0.198. The number of rotatable bonds is 5. The van der Waals surface area contributed by atoms with Crippen molar-refractivity contribution in [2.24, 2.45) is 0 Å². The molecule has 0 atom stereocenters. The van der Waals surface area contributed by atoms with Gasteiger partial charge < -0.3 is 19.4 Å². The molecular formula is C18H21N3O4. The van der Waals surface area contributed by atoms with Crippen LogP contribution in [0.5, 0.6) is 5.88 Å². The highest BCUT2D eigenvalue weighted by Crippen LogP contribution is 2.17. The predicted octanol–water partition coefficient (Wildman–Crippen LogP) is 2.11. The molecule has 0 radical (unpaired) electrons. The normalized spacial score (nSPS) is 15.0. The van der Waals surface area contributed by atoms with Crippen LogP contribution in [0.2, 0.25) is 0 Å². The molecule has 7 heteroatoms. The standard InChI is InChI=1S/C18H21N3O4/c1-2-25-17-15(4-3-8-19-17)16(22)20-14-5-9-21(10-6-14)18(23)13-7-11-24-12-13/h3-4,7-8,11-12,14H,2,5-6,9-10H2,1H3,(H,20,22). The number of furan rings is 1. The molecular weight excluding hydrogens is 322 g/mol. The molecule has 1 aliphatic heterocycles. The first-order chi connectivity index (χ1) is 12.2. The van der Waals surface area contributed by atoms with Gasteiger partial charge in [0, 0.05) is 25.3 Å². The summed E-state index contributed by atoms with van der Waals surface area (Å²) in [7, 11) is 0. The molecule has 0 aromatic carbocycles. The van der Waals surface area contributed by atoms with Crippen LogP contribution in [0.1, 0.15) is 40.5 Å². The van der Waals surface area contributed by atoms with Crippen LogP contribution in [0.3, 0.4) is 0 Å². The van der Waals surface area contributed by atoms with Crippen LogP contribution >= 0.6 is 0 Å². The van der Waals surface area contributed by atoms with E-state index in [1.54, 1.807) is 29.3 Å². The Labute approximate surface area is 146 Å². The van der Waals surface area contributed by atoms with Gasteiger partial charge in [-0.1, -0.05) is 0 Å². The Hall–Kier alpha value is -2.83. The van der Waals surface area contributed by atoms with Gasteiger partial charge in [-0.3, -0.25) is 9.59 Å². The molecule has 1 fully saturated rings. The van der Waals surface area contributed by atoms with Crippen molar-refractivity contribution in [2.75, 3.05) is 19.7 Å². The van der Waals surface area contributed by atoms with Gasteiger partial charge in [0.15, 0.2) is 0 Å². The lowest BCUT2D eigenvalue weighted by atomic mass is 10.0. The monoisotopic (exact) mass is 343 g/mol. The summed E-state index contributed by atoms with van der Waals surface area (Å²) >= 11 is 0. The molecule has 1 N–H and O–H groups in total. The molecule has 2 aromatic heterocycles. The van der Waals surface area contributed by atoms with E-state index in [2.05, 4.69) is 10.3 Å². The highest BCUT2D eigenvalue weighted by molar-refractivity contribution is 5.96. The number of hydrogen-bond acceptors (Lipinski definition) is 5. The zero-order valence-electron chi connectivity index (χ0n) is 14.1. The van der Waals surface area contributed by atoms with Crippen molar-refractivity contribution in [3.05, 3.63) is 48.0 Å². The number of carbonyl (C=O) groups is 2. The van der Waals surface area contributed by atoms with Gasteiger partial charge in [0.2, 0.25) is 5.88 Å². The van der Waals surface area contributed by atoms with Crippen LogP contribution in [-0.2, 0) is 0 Å². The first-order valence-electron chi connectivity index (χ1n) is 8.39. The molecule has 3 heterocycles. The first-order valence-corrected chi connectivity index (χ1v) is 8.39. The second-order valence-electron chi connectivity index (χ2n) is 5.84. The minimum Gasteiger partial charge on any atom is -0.477 e. The molecule has 0 unspecified atom stereocenters. The summed E-state index contributed by atoms with van der Waals surface area (Å²) in [5.41, 5.74) is 0.987. The van der Waals surface area contributed by atoms with Gasteiger partial charge in [-0.2, -0.15) is 0 Å². The topological polar surface area (TPSA) is 84.7 Å². The second kappa shape index (κ2) is 7.83. The maximum atomic E-state index is 12.5. The number of ether oxygens (including phenoxy) is 1. The largest absolute Gasteiger partial charge is 0.477 e. The maximum Gasteiger partial charge on any atom is 0.257 e. The fraction of sp³-hybridized carbons (Fsp3) is 0.389. The minimum absolute atomic E-state index is 0.0237. The van der Waals surface area contributed by atoms with Crippen molar-refractivity contribution in [3.8, 4) is 5.88 Å². The van der Waals surface area contributed by atoms with Crippen molar-refractivity contribution in [1.82, 2.24) is 15.2 Å². The Morgan fingerprint density at radius 1 is 1.36 bits per heavy atom. The third-order valence-corrected chi connectivity index (χ3v) is 4.18. The maximum absolute atomic E-state index is 12.5. The van der Waals surface area contributed by atoms with E-state index < -0.39 is 0 Å². The molecule has 1 aliphatic rings. The lowest BCUT2D eigenvalue weighted by molar-refractivity contribution is 0.0697. The molecule has 0 spiro atoms. The summed E-state index contributed by atoms with van der Waals surface area (Å²) in [4.78, 5) is 30.7. The summed E-state index contributed by atoms with van der Waals surface area (Å²) in [6, 6.07) is 5.10. The van der Waals surface area contributed by atoms with Gasteiger partial charge in [-0.25, -0.2) is 4.98 Å². The highest BCUT2D eigenvalue weighted by atomic mass is 16.5. The average molecular weight is 343 g/mol. The van der Waals surface area contributed by atoms with Gasteiger partial charge >= 0.3 is 0 Å². The summed E-state index contributed by atoms with van der Waals surface area (Å²) < 4.78 is 10.4. The number of aromatic nitrogens is 1. The Kier molecular flexibility index (Phi) is 5.33. The lowest BCUT2D eigenvalue weighted by Crippen LogP contribution is -2.46. The van der Waals surface area contributed by atoms with E-state index in [0.717, 1.165) is 0 Å². The van der Waals surface area contributed by atoms with E-state index in [-0.39, 0.29) is 17.9 Å².